The second-order valence-corrected chi connectivity index (χ2v) is 3.95. The van der Waals surface area contributed by atoms with E-state index in [-0.39, 0.29) is 0 Å². The molecule has 0 aliphatic carbocycles. The molecule has 0 bridgehead atoms. The van der Waals surface area contributed by atoms with Crippen molar-refractivity contribution in [2.45, 2.75) is 33.6 Å². The lowest BCUT2D eigenvalue weighted by molar-refractivity contribution is -0.131. The largest absolute Gasteiger partial charge is 0.478 e. The van der Waals surface area contributed by atoms with Gasteiger partial charge in [-0.05, 0) is 30.9 Å². The van der Waals surface area contributed by atoms with Gasteiger partial charge in [-0.15, -0.1) is 0 Å². The molecule has 3 nitrogen and oxygen atoms in total. The maximum Gasteiger partial charge on any atom is 0.330 e. The van der Waals surface area contributed by atoms with Crippen molar-refractivity contribution in [2.24, 2.45) is 0 Å². The molecule has 0 aromatic heterocycles. The van der Waals surface area contributed by atoms with Crippen molar-refractivity contribution in [3.63, 3.8) is 0 Å². The number of carbonyl (C=O) groups is 1. The predicted molar refractivity (Wildman–Crippen MR) is 70.2 cm³/mol. The van der Waals surface area contributed by atoms with E-state index in [1.807, 2.05) is 6.07 Å². The van der Waals surface area contributed by atoms with Gasteiger partial charge < -0.3 is 10.4 Å². The molecule has 0 heterocycles. The van der Waals surface area contributed by atoms with Gasteiger partial charge in [-0.25, -0.2) is 4.79 Å². The molecule has 0 aliphatic heterocycles. The van der Waals surface area contributed by atoms with Gasteiger partial charge in [-0.1, -0.05) is 32.0 Å². The summed E-state index contributed by atoms with van der Waals surface area (Å²) < 4.78 is 0. The molecular formula is C14H19NO2. The molecule has 0 aliphatic rings. The Hall–Kier alpha value is -1.77. The van der Waals surface area contributed by atoms with Gasteiger partial charge in [0.2, 0.25) is 0 Å². The molecule has 0 unspecified atom stereocenters. The lowest BCUT2D eigenvalue weighted by Crippen LogP contribution is -2.05. The number of anilines is 1. The first-order valence-corrected chi connectivity index (χ1v) is 5.87. The Kier molecular flexibility index (Phi) is 4.76. The van der Waals surface area contributed by atoms with E-state index in [0.29, 0.717) is 5.70 Å². The Bertz CT molecular complexity index is 414. The Labute approximate surface area is 102 Å². The van der Waals surface area contributed by atoms with Crippen molar-refractivity contribution in [2.75, 3.05) is 5.32 Å². The van der Waals surface area contributed by atoms with Crippen molar-refractivity contribution in [1.82, 2.24) is 0 Å². The zero-order chi connectivity index (χ0) is 12.8. The fourth-order valence-corrected chi connectivity index (χ4v) is 1.82. The van der Waals surface area contributed by atoms with Crippen LogP contribution in [0.2, 0.25) is 0 Å². The van der Waals surface area contributed by atoms with Crippen LogP contribution >= 0.6 is 0 Å². The van der Waals surface area contributed by atoms with Crippen LogP contribution in [0, 0.1) is 0 Å². The SMILES string of the molecule is CCc1cccc(CC)c1NC(C)=CC(=O)O. The average molecular weight is 233 g/mol. The number of carboxylic acids is 1. The first kappa shape index (κ1) is 13.3. The van der Waals surface area contributed by atoms with Gasteiger partial charge in [-0.2, -0.15) is 0 Å². The summed E-state index contributed by atoms with van der Waals surface area (Å²) in [5.41, 5.74) is 4.12. The van der Waals surface area contributed by atoms with Gasteiger partial charge in [0.15, 0.2) is 0 Å². The number of para-hydroxylation sites is 1. The summed E-state index contributed by atoms with van der Waals surface area (Å²) in [6.07, 6.45) is 3.04. The standard InChI is InChI=1S/C14H19NO2/c1-4-11-7-6-8-12(5-2)14(11)15-10(3)9-13(16)17/h6-9,15H,4-5H2,1-3H3,(H,16,17). The van der Waals surface area contributed by atoms with Crippen molar-refractivity contribution in [1.29, 1.82) is 0 Å². The molecule has 1 aromatic rings. The van der Waals surface area contributed by atoms with Gasteiger partial charge in [0.25, 0.3) is 0 Å². The second-order valence-electron chi connectivity index (χ2n) is 3.95. The lowest BCUT2D eigenvalue weighted by atomic mass is 10.0. The predicted octanol–water partition coefficient (Wildman–Crippen LogP) is 3.21. The van der Waals surface area contributed by atoms with E-state index >= 15 is 0 Å². The highest BCUT2D eigenvalue weighted by Crippen LogP contribution is 2.23. The van der Waals surface area contributed by atoms with Crippen LogP contribution in [0.5, 0.6) is 0 Å². The highest BCUT2D eigenvalue weighted by Gasteiger charge is 2.06. The highest BCUT2D eigenvalue weighted by atomic mass is 16.4. The number of benzene rings is 1. The number of allylic oxidation sites excluding steroid dienone is 1. The van der Waals surface area contributed by atoms with Gasteiger partial charge >= 0.3 is 5.97 Å². The zero-order valence-corrected chi connectivity index (χ0v) is 10.6. The number of hydrogen-bond acceptors (Lipinski definition) is 2. The summed E-state index contributed by atoms with van der Waals surface area (Å²) in [5.74, 6) is -0.929. The van der Waals surface area contributed by atoms with Crippen molar-refractivity contribution < 1.29 is 9.90 Å². The minimum atomic E-state index is -0.929. The number of hydrogen-bond donors (Lipinski definition) is 2. The molecule has 3 heteroatoms. The minimum absolute atomic E-state index is 0.646. The third-order valence-electron chi connectivity index (χ3n) is 2.66. The van der Waals surface area contributed by atoms with E-state index in [0.717, 1.165) is 18.5 Å². The van der Waals surface area contributed by atoms with E-state index in [2.05, 4.69) is 31.3 Å². The number of rotatable bonds is 5. The molecular weight excluding hydrogens is 214 g/mol. The van der Waals surface area contributed by atoms with Gasteiger partial charge in [0.1, 0.15) is 0 Å². The molecule has 92 valence electrons. The van der Waals surface area contributed by atoms with Crippen LogP contribution in [-0.2, 0) is 17.6 Å². The normalized spacial score (nSPS) is 11.4. The van der Waals surface area contributed by atoms with E-state index in [4.69, 9.17) is 5.11 Å². The summed E-state index contributed by atoms with van der Waals surface area (Å²) in [6, 6.07) is 6.17. The molecule has 0 atom stereocenters. The maximum absolute atomic E-state index is 10.6. The van der Waals surface area contributed by atoms with E-state index in [1.54, 1.807) is 6.92 Å². The van der Waals surface area contributed by atoms with Gasteiger partial charge in [0, 0.05) is 17.5 Å². The molecule has 1 aromatic carbocycles. The molecule has 0 amide bonds. The topological polar surface area (TPSA) is 49.3 Å². The van der Waals surface area contributed by atoms with Crippen molar-refractivity contribution in [3.8, 4) is 0 Å². The highest BCUT2D eigenvalue weighted by molar-refractivity contribution is 5.81. The Morgan fingerprint density at radius 1 is 1.29 bits per heavy atom. The van der Waals surface area contributed by atoms with Crippen LogP contribution in [0.15, 0.2) is 30.0 Å². The molecule has 0 saturated carbocycles. The van der Waals surface area contributed by atoms with Crippen LogP contribution in [0.3, 0.4) is 0 Å². The van der Waals surface area contributed by atoms with Gasteiger partial charge in [0.05, 0.1) is 0 Å². The van der Waals surface area contributed by atoms with Crippen molar-refractivity contribution in [3.05, 3.63) is 41.1 Å². The molecule has 0 fully saturated rings. The van der Waals surface area contributed by atoms with E-state index < -0.39 is 5.97 Å². The molecule has 2 N–H and O–H groups in total. The smallest absolute Gasteiger partial charge is 0.330 e. The molecule has 0 saturated heterocycles. The molecule has 17 heavy (non-hydrogen) atoms. The summed E-state index contributed by atoms with van der Waals surface area (Å²) in [4.78, 5) is 10.6. The monoisotopic (exact) mass is 233 g/mol. The fourth-order valence-electron chi connectivity index (χ4n) is 1.82. The van der Waals surface area contributed by atoms with E-state index in [9.17, 15) is 4.79 Å². The summed E-state index contributed by atoms with van der Waals surface area (Å²) >= 11 is 0. The number of aliphatic carboxylic acids is 1. The minimum Gasteiger partial charge on any atom is -0.478 e. The summed E-state index contributed by atoms with van der Waals surface area (Å²) in [5, 5.41) is 11.9. The number of carboxylic acid groups (broad SMARTS) is 1. The van der Waals surface area contributed by atoms with Crippen LogP contribution in [0.4, 0.5) is 5.69 Å². The van der Waals surface area contributed by atoms with Crippen molar-refractivity contribution >= 4 is 11.7 Å². The second kappa shape index (κ2) is 6.09. The lowest BCUT2D eigenvalue weighted by Gasteiger charge is -2.15. The molecule has 0 spiro atoms. The number of nitrogens with one attached hydrogen (secondary N) is 1. The van der Waals surface area contributed by atoms with Crippen LogP contribution in [0.25, 0.3) is 0 Å². The molecule has 0 radical (unpaired) electrons. The Morgan fingerprint density at radius 2 is 1.82 bits per heavy atom. The fraction of sp³-hybridized carbons (Fsp3) is 0.357. The summed E-state index contributed by atoms with van der Waals surface area (Å²) in [6.45, 7) is 5.95. The maximum atomic E-state index is 10.6. The Morgan fingerprint density at radius 3 is 2.24 bits per heavy atom. The van der Waals surface area contributed by atoms with Crippen LogP contribution < -0.4 is 5.32 Å². The average Bonchev–Trinajstić information content (AvgIpc) is 2.28. The first-order valence-electron chi connectivity index (χ1n) is 5.87. The third kappa shape index (κ3) is 3.63. The van der Waals surface area contributed by atoms with Gasteiger partial charge in [-0.3, -0.25) is 0 Å². The Balaban J connectivity index is 3.07. The van der Waals surface area contributed by atoms with Crippen LogP contribution in [-0.4, -0.2) is 11.1 Å². The molecule has 1 rings (SSSR count). The van der Waals surface area contributed by atoms with E-state index in [1.165, 1.54) is 17.2 Å². The summed E-state index contributed by atoms with van der Waals surface area (Å²) in [7, 11) is 0. The quantitative estimate of drug-likeness (QED) is 0.768. The first-order chi connectivity index (χ1) is 8.08. The third-order valence-corrected chi connectivity index (χ3v) is 2.66. The van der Waals surface area contributed by atoms with Crippen LogP contribution in [0.1, 0.15) is 31.9 Å². The number of aryl methyl sites for hydroxylation is 2. The zero-order valence-electron chi connectivity index (χ0n) is 10.6.